The zero-order valence-corrected chi connectivity index (χ0v) is 8.93. The van der Waals surface area contributed by atoms with E-state index in [1.807, 2.05) is 0 Å². The first-order chi connectivity index (χ1) is 7.63. The van der Waals surface area contributed by atoms with Crippen molar-refractivity contribution in [3.05, 3.63) is 12.2 Å². The Morgan fingerprint density at radius 2 is 1.88 bits per heavy atom. The molecule has 1 N–H and O–H groups in total. The molecule has 0 radical (unpaired) electrons. The molecule has 1 heterocycles. The van der Waals surface area contributed by atoms with Gasteiger partial charge in [0.15, 0.2) is 0 Å². The Kier molecular flexibility index (Phi) is 4.55. The molecule has 5 heteroatoms. The summed E-state index contributed by atoms with van der Waals surface area (Å²) in [7, 11) is 0. The number of aliphatic carboxylic acids is 1. The van der Waals surface area contributed by atoms with E-state index < -0.39 is 5.97 Å². The first kappa shape index (κ1) is 12.3. The molecule has 0 spiro atoms. The van der Waals surface area contributed by atoms with Gasteiger partial charge in [0, 0.05) is 38.3 Å². The van der Waals surface area contributed by atoms with Gasteiger partial charge in [-0.3, -0.25) is 9.69 Å². The Balaban J connectivity index is 2.39. The maximum Gasteiger partial charge on any atom is 0.328 e. The average Bonchev–Trinajstić information content (AvgIpc) is 2.27. The number of carbonyl (C=O) groups is 2. The summed E-state index contributed by atoms with van der Waals surface area (Å²) in [5.74, 6) is 1.18. The molecule has 1 aliphatic heterocycles. The van der Waals surface area contributed by atoms with Crippen molar-refractivity contribution >= 4 is 11.9 Å². The van der Waals surface area contributed by atoms with Gasteiger partial charge < -0.3 is 10.0 Å². The topological polar surface area (TPSA) is 60.9 Å². The van der Waals surface area contributed by atoms with Crippen LogP contribution in [-0.2, 0) is 9.59 Å². The Labute approximate surface area is 94.3 Å². The molecule has 0 saturated carbocycles. The minimum absolute atomic E-state index is 0.261. The highest BCUT2D eigenvalue weighted by molar-refractivity contribution is 5.93. The van der Waals surface area contributed by atoms with Crippen LogP contribution in [0.3, 0.4) is 0 Å². The monoisotopic (exact) mass is 222 g/mol. The number of carboxylic acids is 1. The fourth-order valence-corrected chi connectivity index (χ4v) is 1.50. The lowest BCUT2D eigenvalue weighted by molar-refractivity contribution is -0.132. The summed E-state index contributed by atoms with van der Waals surface area (Å²) in [6, 6.07) is 0. The van der Waals surface area contributed by atoms with E-state index in [-0.39, 0.29) is 5.91 Å². The molecule has 0 aromatic heterocycles. The summed E-state index contributed by atoms with van der Waals surface area (Å²) in [5.41, 5.74) is 0. The second-order valence-corrected chi connectivity index (χ2v) is 3.48. The fraction of sp³-hybridized carbons (Fsp3) is 0.455. The summed E-state index contributed by atoms with van der Waals surface area (Å²) in [5, 5.41) is 8.38. The summed E-state index contributed by atoms with van der Waals surface area (Å²) >= 11 is 0. The fourth-order valence-electron chi connectivity index (χ4n) is 1.50. The molecule has 1 fully saturated rings. The number of rotatable bonds is 3. The van der Waals surface area contributed by atoms with Crippen molar-refractivity contribution in [1.82, 2.24) is 9.80 Å². The average molecular weight is 222 g/mol. The number of nitrogens with zero attached hydrogens (tertiary/aromatic N) is 2. The van der Waals surface area contributed by atoms with Crippen LogP contribution in [-0.4, -0.2) is 59.5 Å². The molecule has 16 heavy (non-hydrogen) atoms. The lowest BCUT2D eigenvalue weighted by Crippen LogP contribution is -2.48. The first-order valence-electron chi connectivity index (χ1n) is 4.99. The Morgan fingerprint density at radius 1 is 1.25 bits per heavy atom. The van der Waals surface area contributed by atoms with Crippen molar-refractivity contribution in [2.75, 3.05) is 32.7 Å². The summed E-state index contributed by atoms with van der Waals surface area (Å²) < 4.78 is 0. The predicted octanol–water partition coefficient (Wildman–Crippen LogP) is -0.595. The van der Waals surface area contributed by atoms with Gasteiger partial charge in [-0.1, -0.05) is 5.92 Å². The summed E-state index contributed by atoms with van der Waals surface area (Å²) in [6.45, 7) is 3.23. The summed E-state index contributed by atoms with van der Waals surface area (Å²) in [6.07, 6.45) is 7.13. The molecule has 86 valence electrons. The van der Waals surface area contributed by atoms with Crippen LogP contribution in [0.25, 0.3) is 0 Å². The van der Waals surface area contributed by atoms with Gasteiger partial charge in [0.2, 0.25) is 5.91 Å². The van der Waals surface area contributed by atoms with Crippen molar-refractivity contribution < 1.29 is 14.7 Å². The Bertz CT molecular complexity index is 336. The van der Waals surface area contributed by atoms with Gasteiger partial charge in [-0.05, 0) is 0 Å². The molecule has 1 saturated heterocycles. The Morgan fingerprint density at radius 3 is 2.38 bits per heavy atom. The smallest absolute Gasteiger partial charge is 0.328 e. The number of carboxylic acid groups (broad SMARTS) is 1. The highest BCUT2D eigenvalue weighted by Crippen LogP contribution is 2.01. The van der Waals surface area contributed by atoms with E-state index in [4.69, 9.17) is 11.5 Å². The highest BCUT2D eigenvalue weighted by atomic mass is 16.4. The molecule has 0 bridgehead atoms. The minimum Gasteiger partial charge on any atom is -0.478 e. The quantitative estimate of drug-likeness (QED) is 0.512. The molecule has 0 aliphatic carbocycles. The first-order valence-corrected chi connectivity index (χ1v) is 4.99. The molecule has 1 rings (SSSR count). The van der Waals surface area contributed by atoms with Crippen molar-refractivity contribution in [2.24, 2.45) is 0 Å². The zero-order valence-electron chi connectivity index (χ0n) is 8.93. The zero-order chi connectivity index (χ0) is 12.0. The minimum atomic E-state index is -1.11. The van der Waals surface area contributed by atoms with Crippen LogP contribution in [0.2, 0.25) is 0 Å². The lowest BCUT2D eigenvalue weighted by Gasteiger charge is -2.33. The van der Waals surface area contributed by atoms with Crippen molar-refractivity contribution in [3.63, 3.8) is 0 Å². The van der Waals surface area contributed by atoms with E-state index >= 15 is 0 Å². The Hall–Kier alpha value is -1.80. The van der Waals surface area contributed by atoms with Crippen molar-refractivity contribution in [1.29, 1.82) is 0 Å². The van der Waals surface area contributed by atoms with Crippen LogP contribution >= 0.6 is 0 Å². The van der Waals surface area contributed by atoms with E-state index in [0.29, 0.717) is 19.6 Å². The van der Waals surface area contributed by atoms with Crippen LogP contribution in [0.1, 0.15) is 0 Å². The second kappa shape index (κ2) is 5.93. The van der Waals surface area contributed by atoms with Crippen LogP contribution in [0.4, 0.5) is 0 Å². The largest absolute Gasteiger partial charge is 0.478 e. The van der Waals surface area contributed by atoms with Crippen molar-refractivity contribution in [2.45, 2.75) is 0 Å². The van der Waals surface area contributed by atoms with Gasteiger partial charge in [0.25, 0.3) is 0 Å². The predicted molar refractivity (Wildman–Crippen MR) is 58.6 cm³/mol. The van der Waals surface area contributed by atoms with Gasteiger partial charge in [-0.2, -0.15) is 0 Å². The molecule has 1 amide bonds. The second-order valence-electron chi connectivity index (χ2n) is 3.48. The standard InChI is InChI=1S/C11H14N2O3/c1-2-5-12-6-8-13(9-7-12)10(14)3-4-11(15)16/h1,3-4H,5-9H2,(H,15,16)/b4-3+. The molecule has 0 aromatic carbocycles. The molecular weight excluding hydrogens is 208 g/mol. The van der Waals surface area contributed by atoms with Crippen LogP contribution in [0, 0.1) is 12.3 Å². The molecule has 0 unspecified atom stereocenters. The van der Waals surface area contributed by atoms with Crippen molar-refractivity contribution in [3.8, 4) is 12.3 Å². The highest BCUT2D eigenvalue weighted by Gasteiger charge is 2.18. The summed E-state index contributed by atoms with van der Waals surface area (Å²) in [4.78, 5) is 25.4. The van der Waals surface area contributed by atoms with Crippen LogP contribution < -0.4 is 0 Å². The van der Waals surface area contributed by atoms with Crippen LogP contribution in [0.15, 0.2) is 12.2 Å². The molecule has 5 nitrogen and oxygen atoms in total. The normalized spacial score (nSPS) is 17.3. The van der Waals surface area contributed by atoms with E-state index in [0.717, 1.165) is 25.2 Å². The lowest BCUT2D eigenvalue weighted by atomic mass is 10.3. The van der Waals surface area contributed by atoms with Gasteiger partial charge in [-0.15, -0.1) is 6.42 Å². The number of amides is 1. The molecule has 0 aromatic rings. The van der Waals surface area contributed by atoms with Gasteiger partial charge in [0.05, 0.1) is 6.54 Å². The third-order valence-corrected chi connectivity index (χ3v) is 2.37. The number of carbonyl (C=O) groups excluding carboxylic acids is 1. The van der Waals surface area contributed by atoms with Crippen LogP contribution in [0.5, 0.6) is 0 Å². The maximum atomic E-state index is 11.5. The molecule has 1 aliphatic rings. The number of terminal acetylenes is 1. The third-order valence-electron chi connectivity index (χ3n) is 2.37. The van der Waals surface area contributed by atoms with Gasteiger partial charge in [-0.25, -0.2) is 4.79 Å². The molecular formula is C11H14N2O3. The van der Waals surface area contributed by atoms with E-state index in [1.165, 1.54) is 0 Å². The SMILES string of the molecule is C#CCN1CCN(C(=O)/C=C/C(=O)O)CC1. The number of piperazine rings is 1. The number of hydrogen-bond donors (Lipinski definition) is 1. The van der Waals surface area contributed by atoms with E-state index in [9.17, 15) is 9.59 Å². The van der Waals surface area contributed by atoms with E-state index in [1.54, 1.807) is 4.90 Å². The van der Waals surface area contributed by atoms with Gasteiger partial charge >= 0.3 is 5.97 Å². The third kappa shape index (κ3) is 3.75. The van der Waals surface area contributed by atoms with Gasteiger partial charge in [0.1, 0.15) is 0 Å². The maximum absolute atomic E-state index is 11.5. The molecule has 0 atom stereocenters. The number of hydrogen-bond acceptors (Lipinski definition) is 3. The van der Waals surface area contributed by atoms with E-state index in [2.05, 4.69) is 10.8 Å².